The third-order valence-electron chi connectivity index (χ3n) is 3.94. The predicted molar refractivity (Wildman–Crippen MR) is 77.6 cm³/mol. The summed E-state index contributed by atoms with van der Waals surface area (Å²) in [5.41, 5.74) is 1.88. The first-order valence-corrected chi connectivity index (χ1v) is 7.18. The standard InChI is InChI=1S/C16H18N2O3/c19-16(20)13-6-8-18(9-7-13)11-14-10-15(17-21-14)12-4-2-1-3-5-12/h1-5,10,13H,6-9,11H2,(H,19,20). The molecule has 1 fully saturated rings. The number of piperidine rings is 1. The van der Waals surface area contributed by atoms with E-state index in [1.165, 1.54) is 0 Å². The first kappa shape index (κ1) is 13.8. The Morgan fingerprint density at radius 1 is 1.29 bits per heavy atom. The minimum Gasteiger partial charge on any atom is -0.481 e. The lowest BCUT2D eigenvalue weighted by atomic mass is 9.97. The first-order valence-electron chi connectivity index (χ1n) is 7.18. The zero-order valence-corrected chi connectivity index (χ0v) is 11.7. The maximum atomic E-state index is 10.9. The molecule has 2 aromatic rings. The summed E-state index contributed by atoms with van der Waals surface area (Å²) >= 11 is 0. The molecule has 21 heavy (non-hydrogen) atoms. The van der Waals surface area contributed by atoms with Crippen molar-refractivity contribution in [3.05, 3.63) is 42.2 Å². The van der Waals surface area contributed by atoms with Gasteiger partial charge in [0, 0.05) is 11.6 Å². The monoisotopic (exact) mass is 286 g/mol. The predicted octanol–water partition coefficient (Wildman–Crippen LogP) is 2.64. The number of rotatable bonds is 4. The van der Waals surface area contributed by atoms with E-state index in [9.17, 15) is 4.79 Å². The number of hydrogen-bond donors (Lipinski definition) is 1. The molecule has 0 aliphatic carbocycles. The highest BCUT2D eigenvalue weighted by atomic mass is 16.5. The number of likely N-dealkylation sites (tertiary alicyclic amines) is 1. The molecule has 0 atom stereocenters. The van der Waals surface area contributed by atoms with E-state index in [2.05, 4.69) is 10.1 Å². The van der Waals surface area contributed by atoms with Crippen molar-refractivity contribution in [2.24, 2.45) is 5.92 Å². The van der Waals surface area contributed by atoms with Gasteiger partial charge in [-0.3, -0.25) is 9.69 Å². The van der Waals surface area contributed by atoms with Gasteiger partial charge in [-0.05, 0) is 25.9 Å². The van der Waals surface area contributed by atoms with Crippen molar-refractivity contribution < 1.29 is 14.4 Å². The second-order valence-electron chi connectivity index (χ2n) is 5.43. The molecule has 1 aliphatic heterocycles. The van der Waals surface area contributed by atoms with Crippen LogP contribution in [-0.2, 0) is 11.3 Å². The number of hydrogen-bond acceptors (Lipinski definition) is 4. The number of carboxylic acid groups (broad SMARTS) is 1. The Morgan fingerprint density at radius 3 is 2.67 bits per heavy atom. The molecule has 0 amide bonds. The maximum Gasteiger partial charge on any atom is 0.306 e. The fraction of sp³-hybridized carbons (Fsp3) is 0.375. The van der Waals surface area contributed by atoms with Crippen molar-refractivity contribution in [3.63, 3.8) is 0 Å². The van der Waals surface area contributed by atoms with Crippen LogP contribution >= 0.6 is 0 Å². The van der Waals surface area contributed by atoms with Crippen LogP contribution in [0.15, 0.2) is 40.9 Å². The summed E-state index contributed by atoms with van der Waals surface area (Å²) in [6.45, 7) is 2.27. The van der Waals surface area contributed by atoms with Crippen molar-refractivity contribution in [1.29, 1.82) is 0 Å². The Kier molecular flexibility index (Phi) is 4.01. The van der Waals surface area contributed by atoms with Gasteiger partial charge in [0.25, 0.3) is 0 Å². The summed E-state index contributed by atoms with van der Waals surface area (Å²) in [6.07, 6.45) is 1.41. The van der Waals surface area contributed by atoms with Crippen LogP contribution < -0.4 is 0 Å². The van der Waals surface area contributed by atoms with Crippen molar-refractivity contribution in [2.75, 3.05) is 13.1 Å². The summed E-state index contributed by atoms with van der Waals surface area (Å²) in [4.78, 5) is 13.1. The van der Waals surface area contributed by atoms with Crippen molar-refractivity contribution in [1.82, 2.24) is 10.1 Å². The van der Waals surface area contributed by atoms with Crippen LogP contribution in [0.25, 0.3) is 11.3 Å². The fourth-order valence-corrected chi connectivity index (χ4v) is 2.69. The summed E-state index contributed by atoms with van der Waals surface area (Å²) in [7, 11) is 0. The minimum absolute atomic E-state index is 0.198. The zero-order chi connectivity index (χ0) is 14.7. The van der Waals surface area contributed by atoms with Gasteiger partial charge in [-0.2, -0.15) is 0 Å². The molecule has 0 unspecified atom stereocenters. The quantitative estimate of drug-likeness (QED) is 0.936. The van der Waals surface area contributed by atoms with Gasteiger partial charge in [-0.1, -0.05) is 35.5 Å². The second kappa shape index (κ2) is 6.10. The molecule has 1 aliphatic rings. The highest BCUT2D eigenvalue weighted by Crippen LogP contribution is 2.22. The summed E-state index contributed by atoms with van der Waals surface area (Å²) in [5, 5.41) is 13.1. The molecule has 1 saturated heterocycles. The van der Waals surface area contributed by atoms with E-state index in [0.29, 0.717) is 19.4 Å². The number of aliphatic carboxylic acids is 1. The van der Waals surface area contributed by atoms with Crippen molar-refractivity contribution >= 4 is 5.97 Å². The molecule has 1 aromatic carbocycles. The topological polar surface area (TPSA) is 66.6 Å². The molecular formula is C16H18N2O3. The molecule has 0 radical (unpaired) electrons. The van der Waals surface area contributed by atoms with Crippen LogP contribution in [0.1, 0.15) is 18.6 Å². The average molecular weight is 286 g/mol. The lowest BCUT2D eigenvalue weighted by molar-refractivity contribution is -0.143. The number of carboxylic acids is 1. The third-order valence-corrected chi connectivity index (χ3v) is 3.94. The highest BCUT2D eigenvalue weighted by molar-refractivity contribution is 5.70. The van der Waals surface area contributed by atoms with Crippen LogP contribution in [0.3, 0.4) is 0 Å². The van der Waals surface area contributed by atoms with E-state index in [4.69, 9.17) is 9.63 Å². The zero-order valence-electron chi connectivity index (χ0n) is 11.7. The van der Waals surface area contributed by atoms with E-state index in [0.717, 1.165) is 30.1 Å². The highest BCUT2D eigenvalue weighted by Gasteiger charge is 2.25. The second-order valence-corrected chi connectivity index (χ2v) is 5.43. The minimum atomic E-state index is -0.680. The lowest BCUT2D eigenvalue weighted by Crippen LogP contribution is -2.35. The average Bonchev–Trinajstić information content (AvgIpc) is 2.97. The van der Waals surface area contributed by atoms with Gasteiger partial charge < -0.3 is 9.63 Å². The maximum absolute atomic E-state index is 10.9. The molecule has 5 nitrogen and oxygen atoms in total. The van der Waals surface area contributed by atoms with E-state index in [1.54, 1.807) is 0 Å². The Bertz CT molecular complexity index is 601. The van der Waals surface area contributed by atoms with Crippen LogP contribution in [0.4, 0.5) is 0 Å². The molecule has 0 saturated carbocycles. The van der Waals surface area contributed by atoms with E-state index < -0.39 is 5.97 Å². The van der Waals surface area contributed by atoms with Crippen LogP contribution in [0, 0.1) is 5.92 Å². The molecule has 5 heteroatoms. The van der Waals surface area contributed by atoms with Crippen molar-refractivity contribution in [2.45, 2.75) is 19.4 Å². The normalized spacial score (nSPS) is 17.0. The number of benzene rings is 1. The Morgan fingerprint density at radius 2 is 2.00 bits per heavy atom. The van der Waals surface area contributed by atoms with E-state index >= 15 is 0 Å². The lowest BCUT2D eigenvalue weighted by Gasteiger charge is -2.28. The van der Waals surface area contributed by atoms with Gasteiger partial charge in [0.05, 0.1) is 12.5 Å². The number of aromatic nitrogens is 1. The molecule has 2 heterocycles. The van der Waals surface area contributed by atoms with E-state index in [1.807, 2.05) is 36.4 Å². The first-order chi connectivity index (χ1) is 10.2. The fourth-order valence-electron chi connectivity index (χ4n) is 2.69. The van der Waals surface area contributed by atoms with Crippen LogP contribution in [-0.4, -0.2) is 34.2 Å². The Balaban J connectivity index is 1.60. The largest absolute Gasteiger partial charge is 0.481 e. The summed E-state index contributed by atoms with van der Waals surface area (Å²) in [5.74, 6) is -0.0563. The smallest absolute Gasteiger partial charge is 0.306 e. The van der Waals surface area contributed by atoms with Crippen LogP contribution in [0.5, 0.6) is 0 Å². The van der Waals surface area contributed by atoms with Crippen LogP contribution in [0.2, 0.25) is 0 Å². The number of nitrogens with zero attached hydrogens (tertiary/aromatic N) is 2. The molecule has 0 bridgehead atoms. The van der Waals surface area contributed by atoms with Gasteiger partial charge in [0.2, 0.25) is 0 Å². The third kappa shape index (κ3) is 3.31. The van der Waals surface area contributed by atoms with E-state index in [-0.39, 0.29) is 5.92 Å². The molecule has 1 N–H and O–H groups in total. The van der Waals surface area contributed by atoms with Gasteiger partial charge in [0.15, 0.2) is 5.76 Å². The van der Waals surface area contributed by atoms with Gasteiger partial charge in [-0.25, -0.2) is 0 Å². The Labute approximate surface area is 123 Å². The van der Waals surface area contributed by atoms with Gasteiger partial charge in [-0.15, -0.1) is 0 Å². The summed E-state index contributed by atoms with van der Waals surface area (Å²) < 4.78 is 5.39. The summed E-state index contributed by atoms with van der Waals surface area (Å²) in [6, 6.07) is 11.9. The molecule has 0 spiro atoms. The molecule has 3 rings (SSSR count). The Hall–Kier alpha value is -2.14. The molecule has 110 valence electrons. The van der Waals surface area contributed by atoms with Gasteiger partial charge in [0.1, 0.15) is 5.69 Å². The number of carbonyl (C=O) groups is 1. The van der Waals surface area contributed by atoms with Gasteiger partial charge >= 0.3 is 5.97 Å². The molecular weight excluding hydrogens is 268 g/mol. The molecule has 1 aromatic heterocycles. The van der Waals surface area contributed by atoms with Crippen molar-refractivity contribution in [3.8, 4) is 11.3 Å². The SMILES string of the molecule is O=C(O)C1CCN(Cc2cc(-c3ccccc3)no2)CC1.